The number of fused-ring (bicyclic) bond motifs is 3. The number of aromatic amines is 1. The fourth-order valence-corrected chi connectivity index (χ4v) is 4.34. The van der Waals surface area contributed by atoms with Crippen molar-refractivity contribution in [1.29, 1.82) is 0 Å². The molecule has 0 aliphatic carbocycles. The number of carbonyl (C=O) groups excluding carboxylic acids is 1. The van der Waals surface area contributed by atoms with Gasteiger partial charge in [-0.15, -0.1) is 0 Å². The van der Waals surface area contributed by atoms with Gasteiger partial charge in [0.25, 0.3) is 6.17 Å². The first kappa shape index (κ1) is 20.2. The second kappa shape index (κ2) is 7.95. The maximum absolute atomic E-state index is 13.1. The van der Waals surface area contributed by atoms with Gasteiger partial charge in [0.2, 0.25) is 11.1 Å². The van der Waals surface area contributed by atoms with Crippen LogP contribution in [0.4, 0.5) is 11.4 Å². The Morgan fingerprint density at radius 3 is 2.53 bits per heavy atom. The van der Waals surface area contributed by atoms with Crippen molar-refractivity contribution in [3.63, 3.8) is 0 Å². The number of hydrogen-bond acceptors (Lipinski definition) is 5. The highest BCUT2D eigenvalue weighted by Crippen LogP contribution is 2.37. The third-order valence-corrected chi connectivity index (χ3v) is 5.83. The topological polar surface area (TPSA) is 73.2 Å². The van der Waals surface area contributed by atoms with Gasteiger partial charge in [-0.05, 0) is 46.8 Å². The quantitative estimate of drug-likeness (QED) is 0.517. The van der Waals surface area contributed by atoms with Crippen molar-refractivity contribution in [2.75, 3.05) is 29.6 Å². The van der Waals surface area contributed by atoms with E-state index < -0.39 is 6.17 Å². The number of benzene rings is 2. The van der Waals surface area contributed by atoms with Gasteiger partial charge < -0.3 is 4.90 Å². The van der Waals surface area contributed by atoms with Crippen LogP contribution >= 0.6 is 11.8 Å². The second-order valence-corrected chi connectivity index (χ2v) is 8.50. The molecule has 1 aliphatic heterocycles. The van der Waals surface area contributed by atoms with Crippen LogP contribution in [0.5, 0.6) is 0 Å². The summed E-state index contributed by atoms with van der Waals surface area (Å²) in [5.41, 5.74) is 3.56. The minimum atomic E-state index is -0.554. The van der Waals surface area contributed by atoms with Gasteiger partial charge >= 0.3 is 11.3 Å². The predicted octanol–water partition coefficient (Wildman–Crippen LogP) is 2.82. The summed E-state index contributed by atoms with van der Waals surface area (Å²) in [5.74, 6) is 0.659. The van der Waals surface area contributed by atoms with Crippen molar-refractivity contribution >= 4 is 29.0 Å². The Morgan fingerprint density at radius 1 is 1.20 bits per heavy atom. The smallest absolute Gasteiger partial charge is 0.325 e. The molecule has 4 rings (SSSR count). The molecular formula is C22H24N5O2S+. The first-order valence-electron chi connectivity index (χ1n) is 9.77. The first-order valence-corrected chi connectivity index (χ1v) is 10.8. The lowest BCUT2D eigenvalue weighted by Crippen LogP contribution is -2.60. The van der Waals surface area contributed by atoms with Gasteiger partial charge in [0.15, 0.2) is 0 Å². The molecule has 7 nitrogen and oxygen atoms in total. The number of nitrogens with zero attached hydrogens (tertiary/aromatic N) is 4. The van der Waals surface area contributed by atoms with Crippen molar-refractivity contribution in [3.8, 4) is 11.3 Å². The number of rotatable bonds is 4. The van der Waals surface area contributed by atoms with Crippen LogP contribution in [0.15, 0.2) is 58.5 Å². The van der Waals surface area contributed by atoms with Gasteiger partial charge in [-0.2, -0.15) is 0 Å². The molecular weight excluding hydrogens is 398 g/mol. The molecule has 0 saturated carbocycles. The third kappa shape index (κ3) is 3.37. The van der Waals surface area contributed by atoms with Crippen LogP contribution in [0.1, 0.15) is 25.6 Å². The minimum Gasteiger partial charge on any atom is -0.378 e. The summed E-state index contributed by atoms with van der Waals surface area (Å²) >= 11 is 1.46. The summed E-state index contributed by atoms with van der Waals surface area (Å²) < 4.78 is 1.69. The Kier molecular flexibility index (Phi) is 5.34. The number of hydrogen-bond donors (Lipinski definition) is 1. The standard InChI is InChI=1S/C22H23N5O2S/c1-5-30-22-23-20(29)19-17-8-6-7-9-18(17)26(14(2)28)21(27(19)24-22)15-10-12-16(13-11-15)25(3)4/h6-13,21H,5H2,1-4H3/p+1/t21-/m1/s1. The lowest BCUT2D eigenvalue weighted by molar-refractivity contribution is -0.763. The van der Waals surface area contributed by atoms with Gasteiger partial charge in [-0.25, -0.2) is 4.90 Å². The minimum absolute atomic E-state index is 0.117. The van der Waals surface area contributed by atoms with E-state index in [0.29, 0.717) is 22.1 Å². The van der Waals surface area contributed by atoms with Gasteiger partial charge in [0.05, 0.1) is 11.3 Å². The molecule has 154 valence electrons. The lowest BCUT2D eigenvalue weighted by Gasteiger charge is -2.31. The zero-order valence-electron chi connectivity index (χ0n) is 17.4. The zero-order valence-corrected chi connectivity index (χ0v) is 18.2. The number of anilines is 2. The van der Waals surface area contributed by atoms with Crippen molar-refractivity contribution < 1.29 is 9.48 Å². The largest absolute Gasteiger partial charge is 0.378 e. The molecule has 3 aromatic rings. The molecule has 0 saturated heterocycles. The monoisotopic (exact) mass is 422 g/mol. The maximum Gasteiger partial charge on any atom is 0.325 e. The number of carbonyl (C=O) groups is 1. The van der Waals surface area contributed by atoms with E-state index >= 15 is 0 Å². The lowest BCUT2D eigenvalue weighted by atomic mass is 10.0. The van der Waals surface area contributed by atoms with Crippen LogP contribution in [-0.2, 0) is 4.79 Å². The maximum atomic E-state index is 13.1. The Balaban J connectivity index is 2.01. The van der Waals surface area contributed by atoms with E-state index in [4.69, 9.17) is 5.10 Å². The Labute approximate surface area is 179 Å². The summed E-state index contributed by atoms with van der Waals surface area (Å²) in [7, 11) is 3.96. The molecule has 2 heterocycles. The van der Waals surface area contributed by atoms with Crippen molar-refractivity contribution in [1.82, 2.24) is 10.1 Å². The molecule has 1 amide bonds. The molecule has 1 atom stereocenters. The van der Waals surface area contributed by atoms with Gasteiger partial charge in [-0.3, -0.25) is 14.6 Å². The predicted molar refractivity (Wildman–Crippen MR) is 119 cm³/mol. The Bertz CT molecular complexity index is 1160. The molecule has 1 N–H and O–H groups in total. The van der Waals surface area contributed by atoms with E-state index in [2.05, 4.69) is 4.98 Å². The normalized spacial score (nSPS) is 14.8. The summed E-state index contributed by atoms with van der Waals surface area (Å²) in [6, 6.07) is 15.4. The van der Waals surface area contributed by atoms with Crippen LogP contribution < -0.4 is 20.0 Å². The molecule has 0 unspecified atom stereocenters. The molecule has 0 bridgehead atoms. The molecule has 2 aromatic carbocycles. The first-order chi connectivity index (χ1) is 14.4. The van der Waals surface area contributed by atoms with Crippen molar-refractivity contribution in [3.05, 3.63) is 64.4 Å². The molecule has 0 fully saturated rings. The van der Waals surface area contributed by atoms with Crippen LogP contribution in [0, 0.1) is 0 Å². The zero-order chi connectivity index (χ0) is 21.4. The third-order valence-electron chi connectivity index (χ3n) is 5.09. The number of thioether (sulfide) groups is 1. The van der Waals surface area contributed by atoms with Crippen LogP contribution in [0.25, 0.3) is 11.3 Å². The van der Waals surface area contributed by atoms with Gasteiger partial charge in [0.1, 0.15) is 0 Å². The van der Waals surface area contributed by atoms with Gasteiger partial charge in [0, 0.05) is 37.4 Å². The van der Waals surface area contributed by atoms with E-state index in [1.54, 1.807) is 16.5 Å². The van der Waals surface area contributed by atoms with E-state index in [9.17, 15) is 9.59 Å². The molecule has 1 aromatic heterocycles. The summed E-state index contributed by atoms with van der Waals surface area (Å²) in [6.07, 6.45) is -0.554. The fourth-order valence-electron chi connectivity index (χ4n) is 3.76. The molecule has 8 heteroatoms. The highest BCUT2D eigenvalue weighted by atomic mass is 32.2. The van der Waals surface area contributed by atoms with Crippen molar-refractivity contribution in [2.24, 2.45) is 0 Å². The Hall–Kier alpha value is -3.13. The number of para-hydroxylation sites is 1. The highest BCUT2D eigenvalue weighted by Gasteiger charge is 2.44. The van der Waals surface area contributed by atoms with Gasteiger partial charge in [-0.1, -0.05) is 30.8 Å². The SMILES string of the molecule is CCSc1n[n+]2c(c(=O)[nH]1)-c1ccccc1N(C(C)=O)[C@H]2c1ccc(N(C)C)cc1. The summed E-state index contributed by atoms with van der Waals surface area (Å²) in [6.45, 7) is 3.54. The van der Waals surface area contributed by atoms with E-state index in [-0.39, 0.29) is 11.5 Å². The summed E-state index contributed by atoms with van der Waals surface area (Å²) in [5, 5.41) is 5.26. The average molecular weight is 423 g/mol. The molecule has 0 spiro atoms. The molecule has 30 heavy (non-hydrogen) atoms. The van der Waals surface area contributed by atoms with E-state index in [0.717, 1.165) is 17.0 Å². The molecule has 0 radical (unpaired) electrons. The number of aromatic nitrogens is 3. The van der Waals surface area contributed by atoms with Crippen molar-refractivity contribution in [2.45, 2.75) is 25.2 Å². The summed E-state index contributed by atoms with van der Waals surface area (Å²) in [4.78, 5) is 32.5. The highest BCUT2D eigenvalue weighted by molar-refractivity contribution is 7.99. The average Bonchev–Trinajstić information content (AvgIpc) is 2.72. The second-order valence-electron chi connectivity index (χ2n) is 7.25. The van der Waals surface area contributed by atoms with E-state index in [1.165, 1.54) is 11.8 Å². The number of amides is 1. The molecule has 1 aliphatic rings. The van der Waals surface area contributed by atoms with Crippen LogP contribution in [0.2, 0.25) is 0 Å². The van der Waals surface area contributed by atoms with Crippen LogP contribution in [0.3, 0.4) is 0 Å². The number of nitrogens with one attached hydrogen (secondary N) is 1. The number of H-pyrrole nitrogens is 1. The Morgan fingerprint density at radius 2 is 1.90 bits per heavy atom. The van der Waals surface area contributed by atoms with Crippen LogP contribution in [-0.4, -0.2) is 35.8 Å². The fraction of sp³-hybridized carbons (Fsp3) is 0.273. The van der Waals surface area contributed by atoms with E-state index in [1.807, 2.05) is 74.4 Å².